The number of esters is 1. The summed E-state index contributed by atoms with van der Waals surface area (Å²) in [7, 11) is 1.51. The fourth-order valence-corrected chi connectivity index (χ4v) is 3.99. The number of urea groups is 1. The molecule has 3 rings (SSSR count). The molecule has 0 radical (unpaired) electrons. The monoisotopic (exact) mass is 510 g/mol. The van der Waals surface area contributed by atoms with E-state index in [1.54, 1.807) is 38.1 Å². The second-order valence-electron chi connectivity index (χ2n) is 8.50. The summed E-state index contributed by atoms with van der Waals surface area (Å²) in [5, 5.41) is 16.8. The van der Waals surface area contributed by atoms with Crippen LogP contribution in [0.2, 0.25) is 0 Å². The highest BCUT2D eigenvalue weighted by atomic mass is 16.6. The maximum atomic E-state index is 13.0. The summed E-state index contributed by atoms with van der Waals surface area (Å²) in [6.45, 7) is 6.01. The maximum absolute atomic E-state index is 13.0. The number of benzene rings is 2. The summed E-state index contributed by atoms with van der Waals surface area (Å²) < 4.78 is 10.3. The van der Waals surface area contributed by atoms with E-state index in [9.17, 15) is 24.5 Å². The predicted molar refractivity (Wildman–Crippen MR) is 136 cm³/mol. The molecule has 2 aromatic rings. The van der Waals surface area contributed by atoms with Crippen LogP contribution in [0.4, 0.5) is 16.2 Å². The third-order valence-corrected chi connectivity index (χ3v) is 5.95. The molecule has 0 aromatic heterocycles. The molecule has 1 aliphatic rings. The van der Waals surface area contributed by atoms with Crippen molar-refractivity contribution in [3.63, 3.8) is 0 Å². The Morgan fingerprint density at radius 1 is 1.14 bits per heavy atom. The van der Waals surface area contributed by atoms with Gasteiger partial charge in [0.15, 0.2) is 0 Å². The SMILES string of the molecule is CCCN1C(=O)NC(c2ccc(NC(=O)c3ccc(C)c([N+](=O)[O-])c3)cc2)C(C(=O)OCCOC)=C1C. The highest BCUT2D eigenvalue weighted by Gasteiger charge is 2.36. The van der Waals surface area contributed by atoms with Crippen LogP contribution in [-0.4, -0.2) is 54.6 Å². The zero-order chi connectivity index (χ0) is 27.1. The van der Waals surface area contributed by atoms with Crippen LogP contribution >= 0.6 is 0 Å². The lowest BCUT2D eigenvalue weighted by atomic mass is 9.94. The second kappa shape index (κ2) is 12.1. The number of nitro benzene ring substituents is 1. The van der Waals surface area contributed by atoms with Gasteiger partial charge in [0.2, 0.25) is 0 Å². The van der Waals surface area contributed by atoms with Crippen molar-refractivity contribution in [1.82, 2.24) is 10.2 Å². The average molecular weight is 511 g/mol. The lowest BCUT2D eigenvalue weighted by Gasteiger charge is -2.35. The lowest BCUT2D eigenvalue weighted by Crippen LogP contribution is -2.48. The number of amides is 3. The predicted octanol–water partition coefficient (Wildman–Crippen LogP) is 4.10. The summed E-state index contributed by atoms with van der Waals surface area (Å²) in [6, 6.07) is 9.82. The minimum Gasteiger partial charge on any atom is -0.460 e. The highest BCUT2D eigenvalue weighted by Crippen LogP contribution is 2.32. The first-order valence-corrected chi connectivity index (χ1v) is 11.8. The van der Waals surface area contributed by atoms with E-state index < -0.39 is 22.8 Å². The van der Waals surface area contributed by atoms with Gasteiger partial charge in [-0.3, -0.25) is 19.8 Å². The van der Waals surface area contributed by atoms with Crippen LogP contribution in [-0.2, 0) is 14.3 Å². The molecule has 11 nitrogen and oxygen atoms in total. The highest BCUT2D eigenvalue weighted by molar-refractivity contribution is 6.04. The molecule has 196 valence electrons. The van der Waals surface area contributed by atoms with Crippen LogP contribution in [0, 0.1) is 17.0 Å². The van der Waals surface area contributed by atoms with Gasteiger partial charge in [0.05, 0.1) is 23.1 Å². The third-order valence-electron chi connectivity index (χ3n) is 5.95. The summed E-state index contributed by atoms with van der Waals surface area (Å²) in [5.41, 5.74) is 2.35. The topological polar surface area (TPSA) is 140 Å². The van der Waals surface area contributed by atoms with E-state index in [2.05, 4.69) is 10.6 Å². The number of allylic oxidation sites excluding steroid dienone is 1. The van der Waals surface area contributed by atoms with Crippen molar-refractivity contribution in [2.24, 2.45) is 0 Å². The van der Waals surface area contributed by atoms with Gasteiger partial charge in [0.1, 0.15) is 6.61 Å². The Morgan fingerprint density at radius 2 is 1.84 bits per heavy atom. The molecular weight excluding hydrogens is 480 g/mol. The van der Waals surface area contributed by atoms with Crippen LogP contribution in [0.5, 0.6) is 0 Å². The van der Waals surface area contributed by atoms with Crippen LogP contribution in [0.1, 0.15) is 47.8 Å². The fourth-order valence-electron chi connectivity index (χ4n) is 3.99. The molecule has 0 saturated carbocycles. The van der Waals surface area contributed by atoms with Crippen molar-refractivity contribution in [2.45, 2.75) is 33.2 Å². The number of nitrogens with one attached hydrogen (secondary N) is 2. The number of nitrogens with zero attached hydrogens (tertiary/aromatic N) is 2. The number of hydrogen-bond acceptors (Lipinski definition) is 7. The molecule has 1 unspecified atom stereocenters. The number of anilines is 1. The van der Waals surface area contributed by atoms with Gasteiger partial charge in [0, 0.05) is 42.2 Å². The fraction of sp³-hybridized carbons (Fsp3) is 0.346. The van der Waals surface area contributed by atoms with Gasteiger partial charge in [-0.15, -0.1) is 0 Å². The number of ether oxygens (including phenoxy) is 2. The summed E-state index contributed by atoms with van der Waals surface area (Å²) in [6.07, 6.45) is 0.708. The zero-order valence-corrected chi connectivity index (χ0v) is 21.2. The molecule has 2 aromatic carbocycles. The standard InChI is InChI=1S/C26H30N4O7/c1-5-12-29-17(3)22(25(32)37-14-13-36-4)23(28-26(29)33)18-8-10-20(11-9-18)27-24(31)19-7-6-16(2)21(15-19)30(34)35/h6-11,15,23H,5,12-14H2,1-4H3,(H,27,31)(H,28,33). The Hall–Kier alpha value is -4.25. The van der Waals surface area contributed by atoms with Crippen molar-refractivity contribution >= 4 is 29.3 Å². The minimum absolute atomic E-state index is 0.0721. The van der Waals surface area contributed by atoms with E-state index >= 15 is 0 Å². The molecule has 37 heavy (non-hydrogen) atoms. The number of aryl methyl sites for hydroxylation is 1. The smallest absolute Gasteiger partial charge is 0.338 e. The Labute approximate surface area is 214 Å². The normalized spacial score (nSPS) is 15.3. The Kier molecular flexibility index (Phi) is 8.96. The van der Waals surface area contributed by atoms with Crippen molar-refractivity contribution in [3.8, 4) is 0 Å². The molecule has 2 N–H and O–H groups in total. The molecular formula is C26H30N4O7. The average Bonchev–Trinajstić information content (AvgIpc) is 2.86. The van der Waals surface area contributed by atoms with Crippen LogP contribution in [0.15, 0.2) is 53.7 Å². The number of carbonyl (C=O) groups excluding carboxylic acids is 3. The molecule has 1 atom stereocenters. The number of carbonyl (C=O) groups is 3. The van der Waals surface area contributed by atoms with Crippen LogP contribution < -0.4 is 10.6 Å². The van der Waals surface area contributed by atoms with Crippen molar-refractivity contribution in [2.75, 3.05) is 32.2 Å². The van der Waals surface area contributed by atoms with Crippen LogP contribution in [0.25, 0.3) is 0 Å². The van der Waals surface area contributed by atoms with Gasteiger partial charge in [0.25, 0.3) is 11.6 Å². The molecule has 1 aliphatic heterocycles. The van der Waals surface area contributed by atoms with E-state index in [-0.39, 0.29) is 30.5 Å². The molecule has 0 fully saturated rings. The van der Waals surface area contributed by atoms with E-state index in [1.165, 1.54) is 30.2 Å². The van der Waals surface area contributed by atoms with Gasteiger partial charge in [-0.25, -0.2) is 9.59 Å². The quantitative estimate of drug-likeness (QED) is 0.212. The summed E-state index contributed by atoms with van der Waals surface area (Å²) in [4.78, 5) is 50.6. The number of methoxy groups -OCH3 is 1. The zero-order valence-electron chi connectivity index (χ0n) is 21.2. The number of nitro groups is 1. The first-order chi connectivity index (χ1) is 17.7. The van der Waals surface area contributed by atoms with Gasteiger partial charge in [-0.05, 0) is 44.0 Å². The molecule has 0 saturated heterocycles. The number of rotatable bonds is 10. The minimum atomic E-state index is -0.750. The molecule has 11 heteroatoms. The van der Waals surface area contributed by atoms with E-state index in [1.807, 2.05) is 6.92 Å². The second-order valence-corrected chi connectivity index (χ2v) is 8.50. The lowest BCUT2D eigenvalue weighted by molar-refractivity contribution is -0.385. The van der Waals surface area contributed by atoms with Gasteiger partial charge >= 0.3 is 12.0 Å². The van der Waals surface area contributed by atoms with E-state index in [0.717, 1.165) is 0 Å². The molecule has 1 heterocycles. The summed E-state index contributed by atoms with van der Waals surface area (Å²) >= 11 is 0. The van der Waals surface area contributed by atoms with Crippen molar-refractivity contribution in [1.29, 1.82) is 0 Å². The van der Waals surface area contributed by atoms with Gasteiger partial charge in [-0.1, -0.05) is 25.1 Å². The third kappa shape index (κ3) is 6.31. The first-order valence-electron chi connectivity index (χ1n) is 11.8. The number of hydrogen-bond donors (Lipinski definition) is 2. The first kappa shape index (κ1) is 27.3. The molecule has 3 amide bonds. The molecule has 0 spiro atoms. The largest absolute Gasteiger partial charge is 0.460 e. The summed E-state index contributed by atoms with van der Waals surface area (Å²) in [5.74, 6) is -1.06. The van der Waals surface area contributed by atoms with E-state index in [0.29, 0.717) is 41.1 Å². The molecule has 0 bridgehead atoms. The van der Waals surface area contributed by atoms with Crippen LogP contribution in [0.3, 0.4) is 0 Å². The van der Waals surface area contributed by atoms with Gasteiger partial charge < -0.3 is 20.1 Å². The maximum Gasteiger partial charge on any atom is 0.338 e. The van der Waals surface area contributed by atoms with Crippen molar-refractivity contribution < 1.29 is 28.8 Å². The molecule has 0 aliphatic carbocycles. The Balaban J connectivity index is 1.84. The Bertz CT molecular complexity index is 1220. The van der Waals surface area contributed by atoms with Gasteiger partial charge in [-0.2, -0.15) is 0 Å². The van der Waals surface area contributed by atoms with Crippen molar-refractivity contribution in [3.05, 3.63) is 80.5 Å². The van der Waals surface area contributed by atoms with E-state index in [4.69, 9.17) is 9.47 Å². The Morgan fingerprint density at radius 3 is 2.46 bits per heavy atom.